The smallest absolute Gasteiger partial charge is 0.319 e. The van der Waals surface area contributed by atoms with Gasteiger partial charge in [-0.25, -0.2) is 4.79 Å². The second-order valence-electron chi connectivity index (χ2n) is 7.22. The molecule has 0 aromatic rings. The highest BCUT2D eigenvalue weighted by Gasteiger charge is 2.37. The number of aliphatic hydroxyl groups excluding tert-OH is 1. The molecule has 23 heavy (non-hydrogen) atoms. The molecule has 0 aromatic carbocycles. The van der Waals surface area contributed by atoms with Crippen LogP contribution in [-0.4, -0.2) is 77.1 Å². The number of hydrogen-bond donors (Lipinski definition) is 1. The van der Waals surface area contributed by atoms with E-state index in [0.717, 1.165) is 45.2 Å². The number of carbonyl (C=O) groups is 2. The van der Waals surface area contributed by atoms with E-state index in [0.29, 0.717) is 26.2 Å². The summed E-state index contributed by atoms with van der Waals surface area (Å²) in [7, 11) is 0. The molecule has 0 aliphatic carbocycles. The number of β-amino-alcohol motifs (C(OH)–C–C–N with tert-alkyl or cyclic N) is 1. The van der Waals surface area contributed by atoms with E-state index in [4.69, 9.17) is 0 Å². The Bertz CT molecular complexity index is 442. The Kier molecular flexibility index (Phi) is 5.09. The number of piperidine rings is 1. The second kappa shape index (κ2) is 7.07. The van der Waals surface area contributed by atoms with E-state index in [1.54, 1.807) is 0 Å². The fourth-order valence-corrected chi connectivity index (χ4v) is 4.12. The van der Waals surface area contributed by atoms with E-state index in [-0.39, 0.29) is 29.9 Å². The largest absolute Gasteiger partial charge is 0.391 e. The maximum Gasteiger partial charge on any atom is 0.319 e. The van der Waals surface area contributed by atoms with Gasteiger partial charge in [-0.1, -0.05) is 6.92 Å². The van der Waals surface area contributed by atoms with E-state index in [1.807, 2.05) is 14.7 Å². The van der Waals surface area contributed by atoms with Crippen LogP contribution in [0.1, 0.15) is 39.0 Å². The number of urea groups is 1. The van der Waals surface area contributed by atoms with Gasteiger partial charge < -0.3 is 19.8 Å². The van der Waals surface area contributed by atoms with Crippen molar-refractivity contribution in [2.45, 2.75) is 45.1 Å². The fraction of sp³-hybridized carbons (Fsp3) is 0.882. The summed E-state index contributed by atoms with van der Waals surface area (Å²) >= 11 is 0. The number of hydrogen-bond acceptors (Lipinski definition) is 3. The lowest BCUT2D eigenvalue weighted by atomic mass is 9.95. The molecule has 3 aliphatic rings. The maximum absolute atomic E-state index is 12.6. The minimum Gasteiger partial charge on any atom is -0.391 e. The van der Waals surface area contributed by atoms with Crippen LogP contribution in [-0.2, 0) is 4.79 Å². The molecule has 1 N–H and O–H groups in total. The van der Waals surface area contributed by atoms with Gasteiger partial charge in [0.2, 0.25) is 5.91 Å². The number of carbonyl (C=O) groups excluding carboxylic acids is 2. The second-order valence-corrected chi connectivity index (χ2v) is 7.22. The first-order valence-electron chi connectivity index (χ1n) is 9.10. The molecule has 0 radical (unpaired) electrons. The number of nitrogens with zero attached hydrogens (tertiary/aromatic N) is 3. The Morgan fingerprint density at radius 2 is 1.57 bits per heavy atom. The number of likely N-dealkylation sites (tertiary alicyclic amines) is 3. The van der Waals surface area contributed by atoms with Crippen molar-refractivity contribution in [2.24, 2.45) is 11.8 Å². The molecule has 3 saturated heterocycles. The van der Waals surface area contributed by atoms with Crippen molar-refractivity contribution in [3.05, 3.63) is 0 Å². The predicted octanol–water partition coefficient (Wildman–Crippen LogP) is 1.14. The van der Waals surface area contributed by atoms with Crippen LogP contribution < -0.4 is 0 Å². The van der Waals surface area contributed by atoms with Gasteiger partial charge in [-0.2, -0.15) is 0 Å². The maximum atomic E-state index is 12.6. The van der Waals surface area contributed by atoms with Crippen molar-refractivity contribution in [3.8, 4) is 0 Å². The van der Waals surface area contributed by atoms with Gasteiger partial charge >= 0.3 is 6.03 Å². The minimum atomic E-state index is -0.374. The summed E-state index contributed by atoms with van der Waals surface area (Å²) in [5, 5.41) is 9.99. The van der Waals surface area contributed by atoms with Gasteiger partial charge in [-0.3, -0.25) is 4.79 Å². The van der Waals surface area contributed by atoms with Crippen LogP contribution in [0.5, 0.6) is 0 Å². The summed E-state index contributed by atoms with van der Waals surface area (Å²) in [6.07, 6.45) is 4.26. The van der Waals surface area contributed by atoms with Crippen molar-refractivity contribution in [2.75, 3.05) is 39.3 Å². The van der Waals surface area contributed by atoms with Crippen molar-refractivity contribution in [3.63, 3.8) is 0 Å². The molecule has 3 fully saturated rings. The molecule has 130 valence electrons. The zero-order valence-corrected chi connectivity index (χ0v) is 14.1. The van der Waals surface area contributed by atoms with Crippen molar-refractivity contribution in [1.29, 1.82) is 0 Å². The zero-order valence-electron chi connectivity index (χ0n) is 14.1. The van der Waals surface area contributed by atoms with E-state index < -0.39 is 0 Å². The third kappa shape index (κ3) is 3.47. The van der Waals surface area contributed by atoms with Gasteiger partial charge in [0, 0.05) is 51.1 Å². The first kappa shape index (κ1) is 16.6. The van der Waals surface area contributed by atoms with Gasteiger partial charge in [-0.15, -0.1) is 0 Å². The highest BCUT2D eigenvalue weighted by molar-refractivity contribution is 5.80. The standard InChI is InChI=1S/C17H29N3O3/c1-2-13-11-20(12-15(13)21)16(22)14-5-9-19(10-6-14)17(23)18-7-3-4-8-18/h13-15,21H,2-12H2,1H3/t13-,15-/m1/s1. The molecular weight excluding hydrogens is 294 g/mol. The molecule has 0 saturated carbocycles. The van der Waals surface area contributed by atoms with Crippen LogP contribution in [0.15, 0.2) is 0 Å². The number of aliphatic hydroxyl groups is 1. The molecule has 3 heterocycles. The monoisotopic (exact) mass is 323 g/mol. The van der Waals surface area contributed by atoms with Crippen molar-refractivity contribution in [1.82, 2.24) is 14.7 Å². The fourth-order valence-electron chi connectivity index (χ4n) is 4.12. The van der Waals surface area contributed by atoms with Crippen molar-refractivity contribution >= 4 is 11.9 Å². The van der Waals surface area contributed by atoms with Crippen LogP contribution in [0.2, 0.25) is 0 Å². The van der Waals surface area contributed by atoms with Crippen LogP contribution in [0, 0.1) is 11.8 Å². The zero-order chi connectivity index (χ0) is 16.4. The minimum absolute atomic E-state index is 0.0143. The Hall–Kier alpha value is -1.30. The Morgan fingerprint density at radius 1 is 0.957 bits per heavy atom. The van der Waals surface area contributed by atoms with Crippen LogP contribution >= 0.6 is 0 Å². The van der Waals surface area contributed by atoms with Gasteiger partial charge in [0.25, 0.3) is 0 Å². The van der Waals surface area contributed by atoms with E-state index in [1.165, 1.54) is 0 Å². The molecule has 0 spiro atoms. The summed E-state index contributed by atoms with van der Waals surface area (Å²) in [6.45, 7) is 6.33. The van der Waals surface area contributed by atoms with E-state index >= 15 is 0 Å². The molecular formula is C17H29N3O3. The Balaban J connectivity index is 1.49. The first-order chi connectivity index (χ1) is 11.1. The lowest BCUT2D eigenvalue weighted by molar-refractivity contribution is -0.136. The van der Waals surface area contributed by atoms with Gasteiger partial charge in [-0.05, 0) is 32.1 Å². The summed E-state index contributed by atoms with van der Waals surface area (Å²) in [5.74, 6) is 0.407. The van der Waals surface area contributed by atoms with Crippen LogP contribution in [0.3, 0.4) is 0 Å². The van der Waals surface area contributed by atoms with Crippen molar-refractivity contribution < 1.29 is 14.7 Å². The topological polar surface area (TPSA) is 64.1 Å². The normalized spacial score (nSPS) is 29.4. The van der Waals surface area contributed by atoms with Gasteiger partial charge in [0.05, 0.1) is 6.10 Å². The summed E-state index contributed by atoms with van der Waals surface area (Å²) in [6, 6.07) is 0.149. The Labute approximate surface area is 138 Å². The SMILES string of the molecule is CC[C@@H]1CN(C(=O)C2CCN(C(=O)N3CCCC3)CC2)C[C@H]1O. The van der Waals surface area contributed by atoms with E-state index in [9.17, 15) is 14.7 Å². The molecule has 3 amide bonds. The third-order valence-electron chi connectivity index (χ3n) is 5.73. The number of amides is 3. The average Bonchev–Trinajstić information content (AvgIpc) is 3.23. The predicted molar refractivity (Wildman–Crippen MR) is 86.9 cm³/mol. The molecule has 3 rings (SSSR count). The first-order valence-corrected chi connectivity index (χ1v) is 9.10. The summed E-state index contributed by atoms with van der Waals surface area (Å²) in [5.41, 5.74) is 0. The van der Waals surface area contributed by atoms with Gasteiger partial charge in [0.15, 0.2) is 0 Å². The van der Waals surface area contributed by atoms with E-state index in [2.05, 4.69) is 6.92 Å². The summed E-state index contributed by atoms with van der Waals surface area (Å²) in [4.78, 5) is 30.7. The summed E-state index contributed by atoms with van der Waals surface area (Å²) < 4.78 is 0. The molecule has 6 heteroatoms. The number of rotatable bonds is 2. The van der Waals surface area contributed by atoms with Crippen LogP contribution in [0.4, 0.5) is 4.79 Å². The molecule has 0 unspecified atom stereocenters. The van der Waals surface area contributed by atoms with Gasteiger partial charge in [0.1, 0.15) is 0 Å². The molecule has 0 bridgehead atoms. The highest BCUT2D eigenvalue weighted by atomic mass is 16.3. The molecule has 2 atom stereocenters. The third-order valence-corrected chi connectivity index (χ3v) is 5.73. The Morgan fingerprint density at radius 3 is 2.13 bits per heavy atom. The lowest BCUT2D eigenvalue weighted by Crippen LogP contribution is -2.48. The quantitative estimate of drug-likeness (QED) is 0.829. The lowest BCUT2D eigenvalue weighted by Gasteiger charge is -2.35. The molecule has 3 aliphatic heterocycles. The van der Waals surface area contributed by atoms with Crippen LogP contribution in [0.25, 0.3) is 0 Å². The molecule has 0 aromatic heterocycles. The highest BCUT2D eigenvalue weighted by Crippen LogP contribution is 2.26. The average molecular weight is 323 g/mol. The molecule has 6 nitrogen and oxygen atoms in total.